The molecule has 1 saturated heterocycles. The van der Waals surface area contributed by atoms with E-state index in [4.69, 9.17) is 9.52 Å². The monoisotopic (exact) mass is 362 g/mol. The first-order chi connectivity index (χ1) is 11.1. The van der Waals surface area contributed by atoms with Crippen LogP contribution >= 0.6 is 0 Å². The van der Waals surface area contributed by atoms with Crippen LogP contribution in [0, 0.1) is 10.1 Å². The van der Waals surface area contributed by atoms with Crippen LogP contribution in [0.1, 0.15) is 12.7 Å². The van der Waals surface area contributed by atoms with Gasteiger partial charge in [-0.05, 0) is 13.0 Å². The Morgan fingerprint density at radius 2 is 2.25 bits per heavy atom. The molecule has 12 heteroatoms. The van der Waals surface area contributed by atoms with Gasteiger partial charge in [0.05, 0.1) is 42.9 Å². The van der Waals surface area contributed by atoms with Crippen LogP contribution < -0.4 is 5.73 Å². The van der Waals surface area contributed by atoms with Gasteiger partial charge in [-0.3, -0.25) is 19.9 Å². The Labute approximate surface area is 137 Å². The zero-order valence-corrected chi connectivity index (χ0v) is 13.7. The zero-order chi connectivity index (χ0) is 18.3. The molecule has 0 radical (unpaired) electrons. The maximum Gasteiger partial charge on any atom is 0.433 e. The van der Waals surface area contributed by atoms with Crippen LogP contribution in [0.25, 0.3) is 0 Å². The molecule has 0 saturated carbocycles. The Bertz CT molecular complexity index is 713. The summed E-state index contributed by atoms with van der Waals surface area (Å²) in [5, 5.41) is 23.8. The van der Waals surface area contributed by atoms with E-state index >= 15 is 0 Å². The van der Waals surface area contributed by atoms with E-state index in [9.17, 15) is 23.3 Å². The highest BCUT2D eigenvalue weighted by Crippen LogP contribution is 2.15. The van der Waals surface area contributed by atoms with Crippen molar-refractivity contribution in [3.63, 3.8) is 0 Å². The normalized spacial score (nSPS) is 19.6. The van der Waals surface area contributed by atoms with E-state index in [1.807, 2.05) is 0 Å². The molecule has 24 heavy (non-hydrogen) atoms. The van der Waals surface area contributed by atoms with E-state index < -0.39 is 20.7 Å². The lowest BCUT2D eigenvalue weighted by atomic mass is 10.4. The third-order valence-electron chi connectivity index (χ3n) is 2.94. The summed E-state index contributed by atoms with van der Waals surface area (Å²) in [5.74, 6) is -0.941. The second-order valence-corrected chi connectivity index (χ2v) is 7.13. The van der Waals surface area contributed by atoms with Crippen LogP contribution in [0.15, 0.2) is 21.7 Å². The predicted molar refractivity (Wildman–Crippen MR) is 84.5 cm³/mol. The number of hydrazone groups is 1. The number of nitrogens with zero attached hydrogens (tertiary/aromatic N) is 3. The fourth-order valence-corrected chi connectivity index (χ4v) is 3.34. The first kappa shape index (κ1) is 19.6. The number of hydrogen-bond donors (Lipinski definition) is 2. The molecule has 0 spiro atoms. The number of carbonyl (C=O) groups is 1. The summed E-state index contributed by atoms with van der Waals surface area (Å²) in [4.78, 5) is 19.0. The van der Waals surface area contributed by atoms with E-state index in [1.165, 1.54) is 18.3 Å². The molecular formula is C12H18N4O7S. The number of carboxylic acids is 1. The molecule has 3 N–H and O–H groups in total. The van der Waals surface area contributed by atoms with Gasteiger partial charge in [0.2, 0.25) is 0 Å². The van der Waals surface area contributed by atoms with Crippen molar-refractivity contribution in [2.45, 2.75) is 13.0 Å². The lowest BCUT2D eigenvalue weighted by Crippen LogP contribution is -2.43. The molecular weight excluding hydrogens is 344 g/mol. The van der Waals surface area contributed by atoms with E-state index in [0.717, 1.165) is 0 Å². The third kappa shape index (κ3) is 6.34. The fraction of sp³-hybridized carbons (Fsp3) is 0.500. The molecule has 0 aromatic carbocycles. The van der Waals surface area contributed by atoms with Gasteiger partial charge in [0.15, 0.2) is 15.6 Å². The minimum absolute atomic E-state index is 0.0582. The molecule has 2 rings (SSSR count). The molecule has 1 aliphatic rings. The Morgan fingerprint density at radius 1 is 1.62 bits per heavy atom. The summed E-state index contributed by atoms with van der Waals surface area (Å²) in [6, 6.07) is 2.46. The van der Waals surface area contributed by atoms with Crippen molar-refractivity contribution in [1.29, 1.82) is 0 Å². The van der Waals surface area contributed by atoms with Gasteiger partial charge in [-0.25, -0.2) is 8.42 Å². The number of nitro groups is 1. The van der Waals surface area contributed by atoms with Gasteiger partial charge in [0.25, 0.3) is 0 Å². The molecule has 0 aliphatic carbocycles. The number of nitrogens with two attached hydrogens (primary N) is 1. The third-order valence-corrected chi connectivity index (χ3v) is 4.73. The molecule has 2 heterocycles. The van der Waals surface area contributed by atoms with Crippen LogP contribution in [0.5, 0.6) is 0 Å². The van der Waals surface area contributed by atoms with Crippen molar-refractivity contribution < 1.29 is 27.7 Å². The first-order valence-corrected chi connectivity index (χ1v) is 8.64. The molecule has 0 amide bonds. The van der Waals surface area contributed by atoms with Crippen molar-refractivity contribution in [3.8, 4) is 0 Å². The standard InChI is InChI=1S/C10H13N3O5S.C2H5NO2/c1-8-7-19(16,17)5-4-12(8)11-6-9-2-3-10(18-9)13(14)15;3-1-2(4)5/h2-3,6,8H,4-5,7H2,1H3;1,3H2,(H,4,5). The molecule has 134 valence electrons. The first-order valence-electron chi connectivity index (χ1n) is 6.81. The number of hydrogen-bond acceptors (Lipinski definition) is 9. The highest BCUT2D eigenvalue weighted by atomic mass is 32.2. The Balaban J connectivity index is 0.000000505. The van der Waals surface area contributed by atoms with Crippen LogP contribution in [0.3, 0.4) is 0 Å². The van der Waals surface area contributed by atoms with Crippen LogP contribution in [-0.4, -0.2) is 66.3 Å². The van der Waals surface area contributed by atoms with Crippen molar-refractivity contribution in [3.05, 3.63) is 28.0 Å². The highest BCUT2D eigenvalue weighted by Gasteiger charge is 2.27. The average Bonchev–Trinajstić information content (AvgIpc) is 2.95. The molecule has 1 aliphatic heterocycles. The van der Waals surface area contributed by atoms with Gasteiger partial charge >= 0.3 is 11.9 Å². The molecule has 1 atom stereocenters. The van der Waals surface area contributed by atoms with Crippen molar-refractivity contribution >= 4 is 27.9 Å². The molecule has 1 aromatic heterocycles. The fourth-order valence-electron chi connectivity index (χ4n) is 1.80. The van der Waals surface area contributed by atoms with Gasteiger partial charge in [0.1, 0.15) is 4.92 Å². The Morgan fingerprint density at radius 3 is 2.71 bits per heavy atom. The number of furan rings is 1. The number of aliphatic carboxylic acids is 1. The van der Waals surface area contributed by atoms with Crippen LogP contribution in [0.2, 0.25) is 0 Å². The maximum absolute atomic E-state index is 11.4. The Kier molecular flexibility index (Phi) is 6.85. The van der Waals surface area contributed by atoms with Gasteiger partial charge in [0, 0.05) is 0 Å². The van der Waals surface area contributed by atoms with Crippen LogP contribution in [-0.2, 0) is 14.6 Å². The second kappa shape index (κ2) is 8.40. The highest BCUT2D eigenvalue weighted by molar-refractivity contribution is 7.91. The lowest BCUT2D eigenvalue weighted by Gasteiger charge is -2.30. The molecule has 1 fully saturated rings. The summed E-state index contributed by atoms with van der Waals surface area (Å²) in [5.41, 5.74) is 4.57. The number of sulfone groups is 1. The molecule has 1 unspecified atom stereocenters. The Hall–Kier alpha value is -2.47. The number of rotatable bonds is 4. The van der Waals surface area contributed by atoms with Gasteiger partial charge in [-0.15, -0.1) is 0 Å². The lowest BCUT2D eigenvalue weighted by molar-refractivity contribution is -0.402. The molecule has 1 aromatic rings. The van der Waals surface area contributed by atoms with Gasteiger partial charge < -0.3 is 15.3 Å². The van der Waals surface area contributed by atoms with E-state index in [1.54, 1.807) is 11.9 Å². The van der Waals surface area contributed by atoms with Crippen molar-refractivity contribution in [2.75, 3.05) is 24.6 Å². The van der Waals surface area contributed by atoms with E-state index in [2.05, 4.69) is 10.8 Å². The van der Waals surface area contributed by atoms with E-state index in [0.29, 0.717) is 6.54 Å². The molecule has 11 nitrogen and oxygen atoms in total. The zero-order valence-electron chi connectivity index (χ0n) is 12.9. The molecule has 0 bridgehead atoms. The minimum Gasteiger partial charge on any atom is -0.480 e. The van der Waals surface area contributed by atoms with Gasteiger partial charge in [-0.1, -0.05) is 0 Å². The van der Waals surface area contributed by atoms with E-state index in [-0.39, 0.29) is 35.7 Å². The SMILES string of the molecule is CC1CS(=O)(=O)CCN1N=Cc1ccc([N+](=O)[O-])o1.NCC(=O)O. The van der Waals surface area contributed by atoms with Crippen molar-refractivity contribution in [1.82, 2.24) is 5.01 Å². The maximum atomic E-state index is 11.4. The number of carboxylic acid groups (broad SMARTS) is 1. The summed E-state index contributed by atoms with van der Waals surface area (Å²) in [6.45, 7) is 1.79. The summed E-state index contributed by atoms with van der Waals surface area (Å²) in [6.07, 6.45) is 1.35. The minimum atomic E-state index is -2.98. The second-order valence-electron chi connectivity index (χ2n) is 4.90. The quantitative estimate of drug-likeness (QED) is 0.413. The summed E-state index contributed by atoms with van der Waals surface area (Å²) < 4.78 is 27.7. The van der Waals surface area contributed by atoms with Crippen molar-refractivity contribution in [2.24, 2.45) is 10.8 Å². The average molecular weight is 362 g/mol. The largest absolute Gasteiger partial charge is 0.480 e. The predicted octanol–water partition coefficient (Wildman–Crippen LogP) is -0.330. The smallest absolute Gasteiger partial charge is 0.433 e. The van der Waals surface area contributed by atoms with Gasteiger partial charge in [-0.2, -0.15) is 5.10 Å². The summed E-state index contributed by atoms with van der Waals surface area (Å²) >= 11 is 0. The summed E-state index contributed by atoms with van der Waals surface area (Å²) in [7, 11) is -2.98. The topological polar surface area (TPSA) is 169 Å². The van der Waals surface area contributed by atoms with Crippen LogP contribution in [0.4, 0.5) is 5.88 Å².